The summed E-state index contributed by atoms with van der Waals surface area (Å²) in [4.78, 5) is 4.33. The van der Waals surface area contributed by atoms with E-state index in [4.69, 9.17) is 14.7 Å². The second kappa shape index (κ2) is 5.60. The number of aromatic nitrogens is 2. The maximum atomic E-state index is 5.50. The Morgan fingerprint density at radius 2 is 2.10 bits per heavy atom. The summed E-state index contributed by atoms with van der Waals surface area (Å²) in [5.74, 6) is 2.21. The molecular weight excluding hydrogens is 322 g/mol. The minimum atomic E-state index is 0.346. The monoisotopic (exact) mass is 333 g/mol. The number of furan rings is 1. The second-order valence-electron chi connectivity index (χ2n) is 4.29. The van der Waals surface area contributed by atoms with Crippen LogP contribution in [0.25, 0.3) is 11.7 Å². The molecular formula is C14H12BrN3O2. The van der Waals surface area contributed by atoms with Crippen molar-refractivity contribution < 1.29 is 8.94 Å². The van der Waals surface area contributed by atoms with E-state index < -0.39 is 0 Å². The molecule has 2 N–H and O–H groups in total. The van der Waals surface area contributed by atoms with Crippen LogP contribution in [0.1, 0.15) is 17.1 Å². The van der Waals surface area contributed by atoms with Gasteiger partial charge in [-0.3, -0.25) is 0 Å². The molecule has 3 aromatic rings. The summed E-state index contributed by atoms with van der Waals surface area (Å²) >= 11 is 3.44. The Balaban J connectivity index is 1.80. The van der Waals surface area contributed by atoms with Crippen molar-refractivity contribution >= 4 is 15.9 Å². The first-order valence-electron chi connectivity index (χ1n) is 6.11. The minimum absolute atomic E-state index is 0.346. The Hall–Kier alpha value is -1.92. The Morgan fingerprint density at radius 3 is 2.85 bits per heavy atom. The maximum absolute atomic E-state index is 5.50. The van der Waals surface area contributed by atoms with Crippen molar-refractivity contribution in [2.45, 2.75) is 13.0 Å². The number of rotatable bonds is 4. The van der Waals surface area contributed by atoms with Gasteiger partial charge in [-0.25, -0.2) is 0 Å². The summed E-state index contributed by atoms with van der Waals surface area (Å²) in [6.45, 7) is 0.346. The fourth-order valence-electron chi connectivity index (χ4n) is 1.86. The zero-order valence-corrected chi connectivity index (χ0v) is 12.1. The molecule has 0 spiro atoms. The molecule has 0 aliphatic carbocycles. The highest BCUT2D eigenvalue weighted by atomic mass is 79.9. The minimum Gasteiger partial charge on any atom is -0.455 e. The van der Waals surface area contributed by atoms with Gasteiger partial charge < -0.3 is 14.7 Å². The molecule has 0 fully saturated rings. The van der Waals surface area contributed by atoms with Gasteiger partial charge in [0.05, 0.1) is 6.54 Å². The molecule has 3 rings (SSSR count). The van der Waals surface area contributed by atoms with Crippen molar-refractivity contribution in [3.8, 4) is 11.7 Å². The van der Waals surface area contributed by atoms with E-state index in [1.807, 2.05) is 24.3 Å². The fraction of sp³-hybridized carbons (Fsp3) is 0.143. The van der Waals surface area contributed by atoms with Crippen molar-refractivity contribution in [1.29, 1.82) is 0 Å². The van der Waals surface area contributed by atoms with E-state index in [0.717, 1.165) is 10.0 Å². The standard InChI is InChI=1S/C14H12BrN3O2/c15-10-3-1-2-9(6-10)7-13-17-14(20-18-13)12-5-4-11(8-16)19-12/h1-6H,7-8,16H2. The number of nitrogens with zero attached hydrogens (tertiary/aromatic N) is 2. The van der Waals surface area contributed by atoms with E-state index in [9.17, 15) is 0 Å². The number of hydrogen-bond donors (Lipinski definition) is 1. The SMILES string of the molecule is NCc1ccc(-c2nc(Cc3cccc(Br)c3)no2)o1. The van der Waals surface area contributed by atoms with Crippen LogP contribution in [-0.2, 0) is 13.0 Å². The van der Waals surface area contributed by atoms with Crippen LogP contribution in [0.2, 0.25) is 0 Å². The smallest absolute Gasteiger partial charge is 0.293 e. The van der Waals surface area contributed by atoms with E-state index >= 15 is 0 Å². The van der Waals surface area contributed by atoms with E-state index in [2.05, 4.69) is 26.1 Å². The number of halogens is 1. The number of hydrogen-bond acceptors (Lipinski definition) is 5. The van der Waals surface area contributed by atoms with Gasteiger partial charge in [0.1, 0.15) is 5.76 Å². The third-order valence-corrected chi connectivity index (χ3v) is 3.29. The van der Waals surface area contributed by atoms with Gasteiger partial charge in [0.25, 0.3) is 5.89 Å². The van der Waals surface area contributed by atoms with Gasteiger partial charge in [-0.05, 0) is 29.8 Å². The molecule has 2 aromatic heterocycles. The number of nitrogens with two attached hydrogens (primary N) is 1. The summed E-state index contributed by atoms with van der Waals surface area (Å²) in [5, 5.41) is 3.96. The first-order chi connectivity index (χ1) is 9.74. The van der Waals surface area contributed by atoms with Gasteiger partial charge in [0, 0.05) is 10.9 Å². The molecule has 0 saturated carbocycles. The molecule has 0 aliphatic rings. The van der Waals surface area contributed by atoms with E-state index in [1.54, 1.807) is 12.1 Å². The lowest BCUT2D eigenvalue weighted by atomic mass is 10.1. The molecule has 0 saturated heterocycles. The van der Waals surface area contributed by atoms with E-state index in [0.29, 0.717) is 36.2 Å². The van der Waals surface area contributed by atoms with Gasteiger partial charge in [-0.2, -0.15) is 4.98 Å². The lowest BCUT2D eigenvalue weighted by molar-refractivity contribution is 0.406. The van der Waals surface area contributed by atoms with E-state index in [1.165, 1.54) is 0 Å². The Labute approximate surface area is 123 Å². The van der Waals surface area contributed by atoms with Crippen LogP contribution >= 0.6 is 15.9 Å². The van der Waals surface area contributed by atoms with Gasteiger partial charge in [-0.1, -0.05) is 33.2 Å². The largest absolute Gasteiger partial charge is 0.455 e. The molecule has 0 bridgehead atoms. The summed E-state index contributed by atoms with van der Waals surface area (Å²) in [6.07, 6.45) is 0.605. The summed E-state index contributed by atoms with van der Waals surface area (Å²) < 4.78 is 11.7. The van der Waals surface area contributed by atoms with Gasteiger partial charge in [0.2, 0.25) is 0 Å². The van der Waals surface area contributed by atoms with Crippen molar-refractivity contribution in [1.82, 2.24) is 10.1 Å². The fourth-order valence-corrected chi connectivity index (χ4v) is 2.30. The van der Waals surface area contributed by atoms with Crippen molar-refractivity contribution in [3.05, 3.63) is 58.0 Å². The third kappa shape index (κ3) is 2.81. The molecule has 0 amide bonds. The zero-order valence-electron chi connectivity index (χ0n) is 10.5. The zero-order chi connectivity index (χ0) is 13.9. The average molecular weight is 334 g/mol. The summed E-state index contributed by atoms with van der Waals surface area (Å²) in [5.41, 5.74) is 6.60. The highest BCUT2D eigenvalue weighted by Crippen LogP contribution is 2.21. The average Bonchev–Trinajstić information content (AvgIpc) is 3.07. The lowest BCUT2D eigenvalue weighted by Crippen LogP contribution is -1.92. The van der Waals surface area contributed by atoms with Crippen LogP contribution in [0.3, 0.4) is 0 Å². The third-order valence-electron chi connectivity index (χ3n) is 2.79. The molecule has 5 nitrogen and oxygen atoms in total. The van der Waals surface area contributed by atoms with Crippen molar-refractivity contribution in [2.75, 3.05) is 0 Å². The van der Waals surface area contributed by atoms with Crippen LogP contribution in [0.15, 0.2) is 49.8 Å². The first-order valence-corrected chi connectivity index (χ1v) is 6.90. The Kier molecular flexibility index (Phi) is 3.66. The maximum Gasteiger partial charge on any atom is 0.293 e. The van der Waals surface area contributed by atoms with Crippen molar-refractivity contribution in [2.24, 2.45) is 5.73 Å². The highest BCUT2D eigenvalue weighted by Gasteiger charge is 2.13. The van der Waals surface area contributed by atoms with Crippen LogP contribution in [-0.4, -0.2) is 10.1 Å². The predicted molar refractivity (Wildman–Crippen MR) is 76.8 cm³/mol. The van der Waals surface area contributed by atoms with Gasteiger partial charge >= 0.3 is 0 Å². The molecule has 0 atom stereocenters. The van der Waals surface area contributed by atoms with E-state index in [-0.39, 0.29) is 0 Å². The molecule has 0 radical (unpaired) electrons. The summed E-state index contributed by atoms with van der Waals surface area (Å²) in [6, 6.07) is 11.6. The van der Waals surface area contributed by atoms with Crippen LogP contribution in [0.4, 0.5) is 0 Å². The predicted octanol–water partition coefficient (Wildman–Crippen LogP) is 3.14. The lowest BCUT2D eigenvalue weighted by Gasteiger charge is -1.96. The molecule has 20 heavy (non-hydrogen) atoms. The molecule has 0 aliphatic heterocycles. The normalized spacial score (nSPS) is 10.9. The number of benzene rings is 1. The molecule has 0 unspecified atom stereocenters. The van der Waals surface area contributed by atoms with Crippen LogP contribution in [0, 0.1) is 0 Å². The first kappa shape index (κ1) is 13.1. The van der Waals surface area contributed by atoms with Crippen LogP contribution < -0.4 is 5.73 Å². The molecule has 2 heterocycles. The summed E-state index contributed by atoms with van der Waals surface area (Å²) in [7, 11) is 0. The molecule has 102 valence electrons. The second-order valence-corrected chi connectivity index (χ2v) is 5.21. The molecule has 6 heteroatoms. The van der Waals surface area contributed by atoms with Gasteiger partial charge in [-0.15, -0.1) is 0 Å². The molecule has 1 aromatic carbocycles. The quantitative estimate of drug-likeness (QED) is 0.793. The van der Waals surface area contributed by atoms with Gasteiger partial charge in [0.15, 0.2) is 11.6 Å². The van der Waals surface area contributed by atoms with Crippen molar-refractivity contribution in [3.63, 3.8) is 0 Å². The Bertz CT molecular complexity index is 721. The Morgan fingerprint density at radius 1 is 1.20 bits per heavy atom. The highest BCUT2D eigenvalue weighted by molar-refractivity contribution is 9.10. The van der Waals surface area contributed by atoms with Crippen LogP contribution in [0.5, 0.6) is 0 Å². The topological polar surface area (TPSA) is 78.1 Å².